The van der Waals surface area contributed by atoms with Crippen LogP contribution in [0.1, 0.15) is 26.7 Å². The quantitative estimate of drug-likeness (QED) is 0.931. The molecule has 2 aromatic rings. The number of rotatable bonds is 4. The fourth-order valence-electron chi connectivity index (χ4n) is 3.41. The zero-order valence-corrected chi connectivity index (χ0v) is 14.3. The molecule has 0 bridgehead atoms. The predicted molar refractivity (Wildman–Crippen MR) is 88.6 cm³/mol. The van der Waals surface area contributed by atoms with Crippen molar-refractivity contribution in [2.75, 3.05) is 19.7 Å². The molecular weight excluding hydrogens is 314 g/mol. The van der Waals surface area contributed by atoms with Crippen LogP contribution in [0.3, 0.4) is 0 Å². The van der Waals surface area contributed by atoms with Crippen LogP contribution in [0, 0.1) is 11.3 Å². The first-order valence-corrected chi connectivity index (χ1v) is 9.42. The molecule has 5 nitrogen and oxygen atoms in total. The highest BCUT2D eigenvalue weighted by Gasteiger charge is 2.42. The zero-order valence-electron chi connectivity index (χ0n) is 13.5. The van der Waals surface area contributed by atoms with E-state index in [0.717, 1.165) is 18.2 Å². The van der Waals surface area contributed by atoms with Gasteiger partial charge in [-0.2, -0.15) is 4.31 Å². The Morgan fingerprint density at radius 2 is 2.13 bits per heavy atom. The molecule has 1 saturated heterocycles. The van der Waals surface area contributed by atoms with E-state index in [9.17, 15) is 13.5 Å². The summed E-state index contributed by atoms with van der Waals surface area (Å²) < 4.78 is 33.1. The number of nitrogens with zero attached hydrogens (tertiary/aromatic N) is 1. The van der Waals surface area contributed by atoms with Crippen LogP contribution in [0.15, 0.2) is 39.8 Å². The van der Waals surface area contributed by atoms with Gasteiger partial charge in [-0.05, 0) is 30.9 Å². The van der Waals surface area contributed by atoms with Gasteiger partial charge >= 0.3 is 0 Å². The zero-order chi connectivity index (χ0) is 16.7. The molecule has 1 unspecified atom stereocenters. The van der Waals surface area contributed by atoms with Gasteiger partial charge in [-0.3, -0.25) is 0 Å². The van der Waals surface area contributed by atoms with Crippen molar-refractivity contribution < 1.29 is 17.9 Å². The van der Waals surface area contributed by atoms with Crippen molar-refractivity contribution in [3.63, 3.8) is 0 Å². The molecule has 1 aromatic heterocycles. The highest BCUT2D eigenvalue weighted by molar-refractivity contribution is 7.89. The molecule has 0 radical (unpaired) electrons. The van der Waals surface area contributed by atoms with E-state index in [1.54, 1.807) is 18.2 Å². The summed E-state index contributed by atoms with van der Waals surface area (Å²) in [5.74, 6) is 0.213. The second-order valence-corrected chi connectivity index (χ2v) is 8.62. The van der Waals surface area contributed by atoms with Gasteiger partial charge in [0.05, 0.1) is 12.9 Å². The third kappa shape index (κ3) is 2.69. The van der Waals surface area contributed by atoms with Crippen molar-refractivity contribution in [2.24, 2.45) is 11.3 Å². The Labute approximate surface area is 137 Å². The monoisotopic (exact) mass is 337 g/mol. The van der Waals surface area contributed by atoms with Crippen molar-refractivity contribution in [1.82, 2.24) is 4.31 Å². The molecule has 126 valence electrons. The van der Waals surface area contributed by atoms with Gasteiger partial charge in [0.25, 0.3) is 0 Å². The summed E-state index contributed by atoms with van der Waals surface area (Å²) in [6.45, 7) is 4.91. The van der Waals surface area contributed by atoms with Crippen molar-refractivity contribution in [3.8, 4) is 0 Å². The lowest BCUT2D eigenvalue weighted by molar-refractivity contribution is 0.0239. The summed E-state index contributed by atoms with van der Waals surface area (Å²) in [6.07, 6.45) is 3.11. The smallest absolute Gasteiger partial charge is 0.246 e. The van der Waals surface area contributed by atoms with E-state index in [4.69, 9.17) is 4.42 Å². The first kappa shape index (κ1) is 16.5. The Balaban J connectivity index is 2.01. The Bertz CT molecular complexity index is 796. The lowest BCUT2D eigenvalue weighted by Crippen LogP contribution is -2.50. The first-order valence-electron chi connectivity index (χ1n) is 7.98. The largest absolute Gasteiger partial charge is 0.463 e. The van der Waals surface area contributed by atoms with Crippen LogP contribution in [-0.2, 0) is 10.0 Å². The fourth-order valence-corrected chi connectivity index (χ4v) is 5.14. The van der Waals surface area contributed by atoms with Gasteiger partial charge in [-0.15, -0.1) is 0 Å². The van der Waals surface area contributed by atoms with Gasteiger partial charge in [0, 0.05) is 23.9 Å². The highest BCUT2D eigenvalue weighted by atomic mass is 32.2. The SMILES string of the molecule is CC(C)C1(CO)CCCN(S(=O)(=O)c2cccc3ccoc23)C1. The molecule has 1 atom stereocenters. The molecule has 0 amide bonds. The van der Waals surface area contributed by atoms with E-state index >= 15 is 0 Å². The van der Waals surface area contributed by atoms with Crippen LogP contribution in [0.4, 0.5) is 0 Å². The van der Waals surface area contributed by atoms with Crippen LogP contribution < -0.4 is 0 Å². The van der Waals surface area contributed by atoms with Gasteiger partial charge in [0.1, 0.15) is 4.90 Å². The molecule has 3 rings (SSSR count). The summed E-state index contributed by atoms with van der Waals surface area (Å²) in [4.78, 5) is 0.206. The molecule has 1 fully saturated rings. The van der Waals surface area contributed by atoms with Gasteiger partial charge in [-0.1, -0.05) is 26.0 Å². The average molecular weight is 337 g/mol. The molecule has 1 aromatic carbocycles. The molecule has 1 aliphatic rings. The van der Waals surface area contributed by atoms with Crippen LogP contribution in [0.25, 0.3) is 11.0 Å². The van der Waals surface area contributed by atoms with Crippen LogP contribution in [0.5, 0.6) is 0 Å². The maximum Gasteiger partial charge on any atom is 0.246 e. The van der Waals surface area contributed by atoms with E-state index in [-0.39, 0.29) is 22.8 Å². The van der Waals surface area contributed by atoms with E-state index in [2.05, 4.69) is 0 Å². The topological polar surface area (TPSA) is 70.8 Å². The van der Waals surface area contributed by atoms with Crippen molar-refractivity contribution in [1.29, 1.82) is 0 Å². The summed E-state index contributed by atoms with van der Waals surface area (Å²) in [7, 11) is -3.64. The number of furan rings is 1. The van der Waals surface area contributed by atoms with E-state index in [1.807, 2.05) is 19.9 Å². The average Bonchev–Trinajstić information content (AvgIpc) is 3.03. The number of aliphatic hydroxyl groups is 1. The number of aliphatic hydroxyl groups excluding tert-OH is 1. The van der Waals surface area contributed by atoms with E-state index < -0.39 is 10.0 Å². The van der Waals surface area contributed by atoms with Crippen molar-refractivity contribution in [3.05, 3.63) is 30.5 Å². The number of para-hydroxylation sites is 1. The lowest BCUT2D eigenvalue weighted by atomic mass is 9.72. The number of hydrogen-bond acceptors (Lipinski definition) is 4. The minimum absolute atomic E-state index is 0.00163. The Hall–Kier alpha value is -1.37. The molecule has 0 saturated carbocycles. The maximum absolute atomic E-state index is 13.1. The second-order valence-electron chi connectivity index (χ2n) is 6.71. The summed E-state index contributed by atoms with van der Waals surface area (Å²) in [6, 6.07) is 6.92. The molecule has 1 N–H and O–H groups in total. The second kappa shape index (κ2) is 5.92. The van der Waals surface area contributed by atoms with Crippen LogP contribution >= 0.6 is 0 Å². The molecule has 23 heavy (non-hydrogen) atoms. The molecular formula is C17H23NO4S. The minimum atomic E-state index is -3.64. The third-order valence-corrected chi connectivity index (χ3v) is 7.04. The minimum Gasteiger partial charge on any atom is -0.463 e. The Morgan fingerprint density at radius 3 is 2.83 bits per heavy atom. The number of benzene rings is 1. The lowest BCUT2D eigenvalue weighted by Gasteiger charge is -2.43. The highest BCUT2D eigenvalue weighted by Crippen LogP contribution is 2.39. The number of fused-ring (bicyclic) bond motifs is 1. The van der Waals surface area contributed by atoms with Crippen LogP contribution in [-0.4, -0.2) is 37.5 Å². The predicted octanol–water partition coefficient (Wildman–Crippen LogP) is 2.85. The molecule has 6 heteroatoms. The van der Waals surface area contributed by atoms with Gasteiger partial charge in [0.15, 0.2) is 5.58 Å². The van der Waals surface area contributed by atoms with Gasteiger partial charge in [0.2, 0.25) is 10.0 Å². The molecule has 0 spiro atoms. The van der Waals surface area contributed by atoms with Crippen molar-refractivity contribution >= 4 is 21.0 Å². The molecule has 2 heterocycles. The maximum atomic E-state index is 13.1. The summed E-state index contributed by atoms with van der Waals surface area (Å²) in [5, 5.41) is 10.6. The number of hydrogen-bond donors (Lipinski definition) is 1. The number of piperidine rings is 1. The van der Waals surface area contributed by atoms with Gasteiger partial charge in [-0.25, -0.2) is 8.42 Å². The molecule has 1 aliphatic heterocycles. The standard InChI is InChI=1S/C17H23NO4S/c1-13(2)17(12-19)8-4-9-18(11-17)23(20,21)15-6-3-5-14-7-10-22-16(14)15/h3,5-7,10,13,19H,4,8-9,11-12H2,1-2H3. The van der Waals surface area contributed by atoms with E-state index in [1.165, 1.54) is 10.6 Å². The Kier molecular flexibility index (Phi) is 4.25. The third-order valence-electron chi connectivity index (χ3n) is 5.17. The first-order chi connectivity index (χ1) is 10.9. The Morgan fingerprint density at radius 1 is 1.35 bits per heavy atom. The summed E-state index contributed by atoms with van der Waals surface area (Å²) in [5.41, 5.74) is 0.0276. The fraction of sp³-hybridized carbons (Fsp3) is 0.529. The van der Waals surface area contributed by atoms with Crippen LogP contribution in [0.2, 0.25) is 0 Å². The van der Waals surface area contributed by atoms with Gasteiger partial charge < -0.3 is 9.52 Å². The normalized spacial score (nSPS) is 23.7. The van der Waals surface area contributed by atoms with E-state index in [0.29, 0.717) is 18.7 Å². The summed E-state index contributed by atoms with van der Waals surface area (Å²) >= 11 is 0. The van der Waals surface area contributed by atoms with Crippen molar-refractivity contribution in [2.45, 2.75) is 31.6 Å². The molecule has 0 aliphatic carbocycles. The number of sulfonamides is 1.